The topological polar surface area (TPSA) is 43.1 Å². The van der Waals surface area contributed by atoms with Crippen LogP contribution in [0.2, 0.25) is 0 Å². The van der Waals surface area contributed by atoms with E-state index in [-0.39, 0.29) is 11.8 Å². The summed E-state index contributed by atoms with van der Waals surface area (Å²) in [5, 5.41) is 0. The highest BCUT2D eigenvalue weighted by Gasteiger charge is 2.08. The van der Waals surface area contributed by atoms with Crippen molar-refractivity contribution in [1.29, 1.82) is 0 Å². The minimum absolute atomic E-state index is 0.175. The average molecular weight is 155 g/mol. The van der Waals surface area contributed by atoms with E-state index in [0.29, 0.717) is 6.42 Å². The van der Waals surface area contributed by atoms with Gasteiger partial charge in [0, 0.05) is 6.42 Å². The van der Waals surface area contributed by atoms with Crippen LogP contribution in [0.25, 0.3) is 0 Å². The average Bonchev–Trinajstić information content (AvgIpc) is 2.03. The lowest BCUT2D eigenvalue weighted by molar-refractivity contribution is -0.120. The van der Waals surface area contributed by atoms with Crippen LogP contribution in [0.4, 0.5) is 0 Å². The summed E-state index contributed by atoms with van der Waals surface area (Å²) in [7, 11) is 0. The third-order valence-corrected chi connectivity index (χ3v) is 1.68. The lowest BCUT2D eigenvalue weighted by Gasteiger charge is -2.05. The summed E-state index contributed by atoms with van der Waals surface area (Å²) in [6.45, 7) is 5.51. The highest BCUT2D eigenvalue weighted by atomic mass is 16.1. The summed E-state index contributed by atoms with van der Waals surface area (Å²) in [5.74, 6) is 0.175. The SMILES string of the molecule is C=CCCCC(=O)C(N)CC. The van der Waals surface area contributed by atoms with E-state index in [2.05, 4.69) is 6.58 Å². The normalized spacial score (nSPS) is 12.5. The zero-order valence-corrected chi connectivity index (χ0v) is 7.18. The number of nitrogens with two attached hydrogens (primary N) is 1. The summed E-state index contributed by atoms with van der Waals surface area (Å²) < 4.78 is 0. The fraction of sp³-hybridized carbons (Fsp3) is 0.667. The molecule has 11 heavy (non-hydrogen) atoms. The van der Waals surface area contributed by atoms with Crippen molar-refractivity contribution in [2.45, 2.75) is 38.6 Å². The predicted octanol–water partition coefficient (Wildman–Crippen LogP) is 1.65. The Bertz CT molecular complexity index is 132. The minimum Gasteiger partial charge on any atom is -0.322 e. The Morgan fingerprint density at radius 2 is 2.36 bits per heavy atom. The van der Waals surface area contributed by atoms with Gasteiger partial charge in [0.2, 0.25) is 0 Å². The molecule has 0 aromatic carbocycles. The van der Waals surface area contributed by atoms with Gasteiger partial charge in [0.05, 0.1) is 6.04 Å². The molecule has 0 radical (unpaired) electrons. The summed E-state index contributed by atoms with van der Waals surface area (Å²) in [5.41, 5.74) is 5.52. The molecule has 1 unspecified atom stereocenters. The van der Waals surface area contributed by atoms with Crippen LogP contribution in [0.1, 0.15) is 32.6 Å². The maximum atomic E-state index is 11.1. The van der Waals surface area contributed by atoms with Crippen LogP contribution in [-0.4, -0.2) is 11.8 Å². The highest BCUT2D eigenvalue weighted by Crippen LogP contribution is 2.00. The molecule has 0 rings (SSSR count). The van der Waals surface area contributed by atoms with Crippen LogP contribution in [0.3, 0.4) is 0 Å². The molecular weight excluding hydrogens is 138 g/mol. The second-order valence-electron chi connectivity index (χ2n) is 2.66. The molecule has 0 amide bonds. The molecule has 64 valence electrons. The van der Waals surface area contributed by atoms with Gasteiger partial charge in [0.25, 0.3) is 0 Å². The van der Waals surface area contributed by atoms with E-state index in [9.17, 15) is 4.79 Å². The van der Waals surface area contributed by atoms with Crippen LogP contribution in [0, 0.1) is 0 Å². The van der Waals surface area contributed by atoms with Gasteiger partial charge in [-0.05, 0) is 19.3 Å². The number of carbonyl (C=O) groups is 1. The second kappa shape index (κ2) is 6.10. The molecule has 0 saturated carbocycles. The molecule has 0 aromatic heterocycles. The molecule has 1 atom stereocenters. The largest absolute Gasteiger partial charge is 0.322 e. The fourth-order valence-corrected chi connectivity index (χ4v) is 0.834. The standard InChI is InChI=1S/C9H17NO/c1-3-5-6-7-9(11)8(10)4-2/h3,8H,1,4-7,10H2,2H3. The first-order valence-corrected chi connectivity index (χ1v) is 4.11. The van der Waals surface area contributed by atoms with Gasteiger partial charge in [-0.3, -0.25) is 4.79 Å². The van der Waals surface area contributed by atoms with Crippen molar-refractivity contribution in [3.05, 3.63) is 12.7 Å². The number of Topliss-reactive ketones (excluding diaryl/α,β-unsaturated/α-hetero) is 1. The first kappa shape index (κ1) is 10.4. The number of allylic oxidation sites excluding steroid dienone is 1. The van der Waals surface area contributed by atoms with Gasteiger partial charge in [0.1, 0.15) is 5.78 Å². The van der Waals surface area contributed by atoms with Gasteiger partial charge >= 0.3 is 0 Å². The van der Waals surface area contributed by atoms with Crippen molar-refractivity contribution >= 4 is 5.78 Å². The Morgan fingerprint density at radius 3 is 2.82 bits per heavy atom. The van der Waals surface area contributed by atoms with Crippen molar-refractivity contribution in [2.24, 2.45) is 5.73 Å². The lowest BCUT2D eigenvalue weighted by atomic mass is 10.1. The van der Waals surface area contributed by atoms with Gasteiger partial charge in [-0.1, -0.05) is 13.0 Å². The third kappa shape index (κ3) is 4.73. The van der Waals surface area contributed by atoms with Crippen LogP contribution < -0.4 is 5.73 Å². The molecule has 0 aliphatic carbocycles. The molecule has 0 bridgehead atoms. The molecule has 2 heteroatoms. The lowest BCUT2D eigenvalue weighted by Crippen LogP contribution is -2.29. The number of carbonyl (C=O) groups excluding carboxylic acids is 1. The predicted molar refractivity (Wildman–Crippen MR) is 47.3 cm³/mol. The van der Waals surface area contributed by atoms with Crippen LogP contribution in [0.5, 0.6) is 0 Å². The van der Waals surface area contributed by atoms with Crippen LogP contribution in [0.15, 0.2) is 12.7 Å². The van der Waals surface area contributed by atoms with Crippen LogP contribution >= 0.6 is 0 Å². The summed E-state index contributed by atoms with van der Waals surface area (Å²) >= 11 is 0. The second-order valence-corrected chi connectivity index (χ2v) is 2.66. The molecular formula is C9H17NO. The number of hydrogen-bond acceptors (Lipinski definition) is 2. The molecule has 0 spiro atoms. The molecule has 0 aromatic rings. The van der Waals surface area contributed by atoms with E-state index in [1.165, 1.54) is 0 Å². The molecule has 2 nitrogen and oxygen atoms in total. The van der Waals surface area contributed by atoms with Crippen molar-refractivity contribution in [2.75, 3.05) is 0 Å². The van der Waals surface area contributed by atoms with E-state index < -0.39 is 0 Å². The Kier molecular flexibility index (Phi) is 5.75. The Balaban J connectivity index is 3.43. The number of hydrogen-bond donors (Lipinski definition) is 1. The first-order chi connectivity index (χ1) is 5.22. The first-order valence-electron chi connectivity index (χ1n) is 4.11. The molecule has 0 saturated heterocycles. The summed E-state index contributed by atoms with van der Waals surface area (Å²) in [6.07, 6.45) is 4.96. The Morgan fingerprint density at radius 1 is 1.73 bits per heavy atom. The van der Waals surface area contributed by atoms with Gasteiger partial charge < -0.3 is 5.73 Å². The maximum absolute atomic E-state index is 11.1. The smallest absolute Gasteiger partial charge is 0.149 e. The van der Waals surface area contributed by atoms with Gasteiger partial charge in [-0.15, -0.1) is 6.58 Å². The van der Waals surface area contributed by atoms with Gasteiger partial charge in [0.15, 0.2) is 0 Å². The number of ketones is 1. The number of rotatable bonds is 6. The molecule has 0 aliphatic rings. The van der Waals surface area contributed by atoms with E-state index in [1.807, 2.05) is 13.0 Å². The van der Waals surface area contributed by atoms with Gasteiger partial charge in [-0.25, -0.2) is 0 Å². The molecule has 2 N–H and O–H groups in total. The summed E-state index contributed by atoms with van der Waals surface area (Å²) in [6, 6.07) is -0.250. The van der Waals surface area contributed by atoms with E-state index >= 15 is 0 Å². The maximum Gasteiger partial charge on any atom is 0.149 e. The minimum atomic E-state index is -0.250. The zero-order valence-electron chi connectivity index (χ0n) is 7.18. The fourth-order valence-electron chi connectivity index (χ4n) is 0.834. The number of unbranched alkanes of at least 4 members (excludes halogenated alkanes) is 1. The Labute approximate surface area is 68.5 Å². The van der Waals surface area contributed by atoms with Crippen LogP contribution in [-0.2, 0) is 4.79 Å². The molecule has 0 aliphatic heterocycles. The van der Waals surface area contributed by atoms with Crippen molar-refractivity contribution in [3.63, 3.8) is 0 Å². The molecule has 0 heterocycles. The third-order valence-electron chi connectivity index (χ3n) is 1.68. The monoisotopic (exact) mass is 155 g/mol. The Hall–Kier alpha value is -0.630. The molecule has 0 fully saturated rings. The van der Waals surface area contributed by atoms with Crippen molar-refractivity contribution < 1.29 is 4.79 Å². The van der Waals surface area contributed by atoms with E-state index in [1.54, 1.807) is 0 Å². The van der Waals surface area contributed by atoms with Crippen molar-refractivity contribution in [1.82, 2.24) is 0 Å². The van der Waals surface area contributed by atoms with Gasteiger partial charge in [-0.2, -0.15) is 0 Å². The van der Waals surface area contributed by atoms with E-state index in [4.69, 9.17) is 5.73 Å². The quantitative estimate of drug-likeness (QED) is 0.468. The zero-order chi connectivity index (χ0) is 8.69. The summed E-state index contributed by atoms with van der Waals surface area (Å²) in [4.78, 5) is 11.1. The van der Waals surface area contributed by atoms with E-state index in [0.717, 1.165) is 19.3 Å². The van der Waals surface area contributed by atoms with Crippen molar-refractivity contribution in [3.8, 4) is 0 Å². The highest BCUT2D eigenvalue weighted by molar-refractivity contribution is 5.83.